The van der Waals surface area contributed by atoms with E-state index in [1.807, 2.05) is 0 Å². The quantitative estimate of drug-likeness (QED) is 0.726. The average molecular weight is 433 g/mol. The molecule has 5 rings (SSSR count). The number of aryl methyl sites for hydroxylation is 1. The number of rotatable bonds is 5. The van der Waals surface area contributed by atoms with Crippen molar-refractivity contribution < 1.29 is 4.79 Å². The molecule has 1 saturated carbocycles. The van der Waals surface area contributed by atoms with E-state index in [0.29, 0.717) is 5.41 Å². The maximum Gasteiger partial charge on any atom is 0.251 e. The summed E-state index contributed by atoms with van der Waals surface area (Å²) in [6.07, 6.45) is 9.74. The third-order valence-electron chi connectivity index (χ3n) is 7.85. The molecule has 1 amide bonds. The summed E-state index contributed by atoms with van der Waals surface area (Å²) in [5.74, 6) is 1.01. The van der Waals surface area contributed by atoms with Gasteiger partial charge in [0.25, 0.3) is 5.91 Å². The van der Waals surface area contributed by atoms with Crippen LogP contribution in [0.15, 0.2) is 58.6 Å². The highest BCUT2D eigenvalue weighted by molar-refractivity contribution is 6.01. The van der Waals surface area contributed by atoms with Crippen LogP contribution in [0.2, 0.25) is 0 Å². The van der Waals surface area contributed by atoms with Gasteiger partial charge in [-0.05, 0) is 73.6 Å². The van der Waals surface area contributed by atoms with Crippen molar-refractivity contribution >= 4 is 11.6 Å². The Bertz CT molecular complexity index is 1000. The van der Waals surface area contributed by atoms with Crippen LogP contribution in [0.3, 0.4) is 0 Å². The molecule has 1 aromatic rings. The molecule has 1 aromatic carbocycles. The number of para-hydroxylation sites is 1. The predicted octanol–water partition coefficient (Wildman–Crippen LogP) is 4.36. The van der Waals surface area contributed by atoms with Gasteiger partial charge < -0.3 is 16.0 Å². The molecule has 3 heterocycles. The van der Waals surface area contributed by atoms with Gasteiger partial charge in [-0.3, -0.25) is 9.69 Å². The van der Waals surface area contributed by atoms with Crippen LogP contribution in [0.1, 0.15) is 57.4 Å². The molecule has 0 bridgehead atoms. The van der Waals surface area contributed by atoms with Crippen LogP contribution in [-0.4, -0.2) is 37.0 Å². The second-order valence-corrected chi connectivity index (χ2v) is 9.96. The zero-order valence-corrected chi connectivity index (χ0v) is 19.5. The predicted molar refractivity (Wildman–Crippen MR) is 130 cm³/mol. The number of unbranched alkanes of at least 4 members (excludes halogenated alkanes) is 1. The number of anilines is 1. The number of allylic oxidation sites excluding steroid dienone is 3. The molecule has 2 saturated heterocycles. The van der Waals surface area contributed by atoms with Gasteiger partial charge in [0, 0.05) is 26.2 Å². The van der Waals surface area contributed by atoms with Crippen LogP contribution >= 0.6 is 0 Å². The number of piperidine rings is 1. The topological polar surface area (TPSA) is 61.6 Å². The van der Waals surface area contributed by atoms with Gasteiger partial charge in [0.05, 0.1) is 17.0 Å². The first-order valence-electron chi connectivity index (χ1n) is 12.3. The molecule has 0 atom stereocenters. The highest BCUT2D eigenvalue weighted by Gasteiger charge is 2.43. The Balaban J connectivity index is 1.67. The zero-order chi connectivity index (χ0) is 22.3. The molecule has 4 aliphatic rings. The summed E-state index contributed by atoms with van der Waals surface area (Å²) in [5.41, 5.74) is 13.2. The van der Waals surface area contributed by atoms with Gasteiger partial charge in [-0.1, -0.05) is 37.6 Å². The van der Waals surface area contributed by atoms with Crippen LogP contribution in [0.5, 0.6) is 0 Å². The number of nitrogens with zero attached hydrogens (tertiary/aromatic N) is 2. The summed E-state index contributed by atoms with van der Waals surface area (Å²) < 4.78 is 0. The van der Waals surface area contributed by atoms with Crippen molar-refractivity contribution in [1.82, 2.24) is 10.2 Å². The Morgan fingerprint density at radius 3 is 2.50 bits per heavy atom. The van der Waals surface area contributed by atoms with E-state index in [-0.39, 0.29) is 5.91 Å². The van der Waals surface area contributed by atoms with Crippen LogP contribution in [0.25, 0.3) is 0 Å². The monoisotopic (exact) mass is 432 g/mol. The molecule has 3 fully saturated rings. The molecule has 1 aliphatic carbocycles. The Hall–Kier alpha value is -2.53. The number of fused-ring (bicyclic) bond motifs is 1. The van der Waals surface area contributed by atoms with E-state index in [9.17, 15) is 4.79 Å². The minimum absolute atomic E-state index is 0.294. The first kappa shape index (κ1) is 21.3. The van der Waals surface area contributed by atoms with Gasteiger partial charge in [0.15, 0.2) is 0 Å². The first-order chi connectivity index (χ1) is 15.5. The Labute approximate surface area is 192 Å². The summed E-state index contributed by atoms with van der Waals surface area (Å²) in [4.78, 5) is 17.8. The molecule has 0 unspecified atom stereocenters. The van der Waals surface area contributed by atoms with E-state index >= 15 is 0 Å². The minimum Gasteiger partial charge on any atom is -0.366 e. The smallest absolute Gasteiger partial charge is 0.251 e. The Morgan fingerprint density at radius 2 is 1.88 bits per heavy atom. The summed E-state index contributed by atoms with van der Waals surface area (Å²) in [7, 11) is 0. The van der Waals surface area contributed by atoms with Crippen LogP contribution in [0.4, 0.5) is 5.69 Å². The summed E-state index contributed by atoms with van der Waals surface area (Å²) in [6, 6.07) is 8.55. The van der Waals surface area contributed by atoms with Crippen molar-refractivity contribution in [1.29, 1.82) is 0 Å². The van der Waals surface area contributed by atoms with E-state index in [0.717, 1.165) is 75.2 Å². The summed E-state index contributed by atoms with van der Waals surface area (Å²) >= 11 is 0. The van der Waals surface area contributed by atoms with E-state index in [2.05, 4.69) is 59.3 Å². The number of primary amides is 1. The van der Waals surface area contributed by atoms with Crippen molar-refractivity contribution in [2.45, 2.75) is 58.8 Å². The molecular formula is C27H36N4O. The Kier molecular flexibility index (Phi) is 5.62. The number of hydrogen-bond acceptors (Lipinski definition) is 4. The average Bonchev–Trinajstić information content (AvgIpc) is 3.25. The lowest BCUT2D eigenvalue weighted by Gasteiger charge is -2.51. The normalized spacial score (nSPS) is 23.8. The lowest BCUT2D eigenvalue weighted by atomic mass is 9.73. The fourth-order valence-corrected chi connectivity index (χ4v) is 5.95. The second-order valence-electron chi connectivity index (χ2n) is 9.96. The van der Waals surface area contributed by atoms with Crippen molar-refractivity contribution in [3.8, 4) is 0 Å². The minimum atomic E-state index is -0.294. The number of nitrogens with one attached hydrogen (secondary N) is 1. The third-order valence-corrected chi connectivity index (χ3v) is 7.85. The van der Waals surface area contributed by atoms with Gasteiger partial charge in [0.1, 0.15) is 5.82 Å². The van der Waals surface area contributed by atoms with E-state index < -0.39 is 0 Å². The van der Waals surface area contributed by atoms with Gasteiger partial charge in [0.2, 0.25) is 0 Å². The van der Waals surface area contributed by atoms with Crippen molar-refractivity contribution in [2.75, 3.05) is 31.1 Å². The molecule has 5 heteroatoms. The SMILES string of the molecule is CCC/C=C1\C(C(N)=O)=C2CCCC2=C(N2CCC3(CC2)CNC3)N1c1ccccc1C. The maximum absolute atomic E-state index is 12.8. The van der Waals surface area contributed by atoms with Gasteiger partial charge in [-0.2, -0.15) is 0 Å². The highest BCUT2D eigenvalue weighted by Crippen LogP contribution is 2.48. The molecule has 0 aromatic heterocycles. The Morgan fingerprint density at radius 1 is 1.16 bits per heavy atom. The lowest BCUT2D eigenvalue weighted by molar-refractivity contribution is -0.114. The largest absolute Gasteiger partial charge is 0.366 e. The van der Waals surface area contributed by atoms with Gasteiger partial charge >= 0.3 is 0 Å². The number of likely N-dealkylation sites (tertiary alicyclic amines) is 1. The number of amides is 1. The van der Waals surface area contributed by atoms with Crippen LogP contribution < -0.4 is 16.0 Å². The fraction of sp³-hybridized carbons (Fsp3) is 0.519. The second kappa shape index (κ2) is 8.43. The number of hydrogen-bond donors (Lipinski definition) is 2. The fourth-order valence-electron chi connectivity index (χ4n) is 5.95. The lowest BCUT2D eigenvalue weighted by Crippen LogP contribution is -2.58. The molecule has 5 nitrogen and oxygen atoms in total. The van der Waals surface area contributed by atoms with Gasteiger partial charge in [-0.25, -0.2) is 0 Å². The number of carbonyl (C=O) groups is 1. The standard InChI is InChI=1S/C27H36N4O/c1-3-4-11-23-24(25(28)32)20-9-7-10-21(20)26(31(23)22-12-6-5-8-19(22)2)30-15-13-27(14-16-30)17-29-18-27/h5-6,8,11-12,29H,3-4,7,9-10,13-18H2,1-2H3,(H2,28,32)/b23-11+. The first-order valence-corrected chi connectivity index (χ1v) is 12.3. The number of carbonyl (C=O) groups excluding carboxylic acids is 1. The van der Waals surface area contributed by atoms with E-state index in [4.69, 9.17) is 5.73 Å². The molecular weight excluding hydrogens is 396 g/mol. The third kappa shape index (κ3) is 3.47. The zero-order valence-electron chi connectivity index (χ0n) is 19.5. The van der Waals surface area contributed by atoms with Crippen LogP contribution in [-0.2, 0) is 4.79 Å². The number of nitrogens with two attached hydrogens (primary N) is 1. The van der Waals surface area contributed by atoms with E-state index in [1.165, 1.54) is 35.4 Å². The molecule has 1 spiro atoms. The van der Waals surface area contributed by atoms with Crippen molar-refractivity contribution in [3.63, 3.8) is 0 Å². The van der Waals surface area contributed by atoms with Crippen LogP contribution in [0, 0.1) is 12.3 Å². The van der Waals surface area contributed by atoms with Crippen molar-refractivity contribution in [2.24, 2.45) is 11.1 Å². The molecule has 3 aliphatic heterocycles. The number of benzene rings is 1. The summed E-state index contributed by atoms with van der Waals surface area (Å²) in [6.45, 7) is 8.81. The molecule has 3 N–H and O–H groups in total. The van der Waals surface area contributed by atoms with E-state index in [1.54, 1.807) is 0 Å². The highest BCUT2D eigenvalue weighted by atomic mass is 16.1. The summed E-state index contributed by atoms with van der Waals surface area (Å²) in [5, 5.41) is 3.48. The molecule has 32 heavy (non-hydrogen) atoms. The maximum atomic E-state index is 12.8. The van der Waals surface area contributed by atoms with Crippen molar-refractivity contribution in [3.05, 3.63) is 64.1 Å². The molecule has 170 valence electrons. The van der Waals surface area contributed by atoms with Gasteiger partial charge in [-0.15, -0.1) is 0 Å². The molecule has 0 radical (unpaired) electrons.